The fourth-order valence-corrected chi connectivity index (χ4v) is 4.96. The van der Waals surface area contributed by atoms with Crippen molar-refractivity contribution in [3.05, 3.63) is 63.4 Å². The molecule has 0 aromatic carbocycles. The van der Waals surface area contributed by atoms with Crippen LogP contribution in [0.4, 0.5) is 5.69 Å². The summed E-state index contributed by atoms with van der Waals surface area (Å²) in [5.41, 5.74) is 1.18. The zero-order valence-corrected chi connectivity index (χ0v) is 17.3. The number of carbonyl (C=O) groups excluding carboxylic acids is 1. The van der Waals surface area contributed by atoms with Gasteiger partial charge in [-0.15, -0.1) is 11.3 Å². The van der Waals surface area contributed by atoms with Crippen LogP contribution in [0, 0.1) is 6.92 Å². The molecule has 0 atom stereocenters. The van der Waals surface area contributed by atoms with E-state index < -0.39 is 0 Å². The van der Waals surface area contributed by atoms with Crippen molar-refractivity contribution in [1.29, 1.82) is 0 Å². The first kappa shape index (κ1) is 18.7. The summed E-state index contributed by atoms with van der Waals surface area (Å²) in [6.45, 7) is 2.51. The molecule has 0 aliphatic carbocycles. The molecule has 152 valence electrons. The van der Waals surface area contributed by atoms with Crippen molar-refractivity contribution in [2.75, 3.05) is 5.32 Å². The fraction of sp³-hybridized carbons (Fsp3) is 0.286. The third-order valence-electron chi connectivity index (χ3n) is 5.37. The van der Waals surface area contributed by atoms with Gasteiger partial charge in [-0.2, -0.15) is 5.10 Å². The highest BCUT2D eigenvalue weighted by Crippen LogP contribution is 2.29. The Bertz CT molecular complexity index is 1310. The van der Waals surface area contributed by atoms with Gasteiger partial charge in [-0.25, -0.2) is 14.6 Å². The predicted octanol–water partition coefficient (Wildman–Crippen LogP) is 3.33. The number of carbonyl (C=O) groups is 1. The van der Waals surface area contributed by atoms with Crippen molar-refractivity contribution in [3.63, 3.8) is 0 Å². The Hall–Kier alpha value is -3.33. The molecule has 0 unspecified atom stereocenters. The number of anilines is 1. The number of hydrogen-bond donors (Lipinski definition) is 1. The lowest BCUT2D eigenvalue weighted by atomic mass is 10.2. The second kappa shape index (κ2) is 7.49. The van der Waals surface area contributed by atoms with Gasteiger partial charge in [0.25, 0.3) is 11.5 Å². The van der Waals surface area contributed by atoms with E-state index in [0.717, 1.165) is 31.5 Å². The van der Waals surface area contributed by atoms with Gasteiger partial charge in [-0.05, 0) is 43.5 Å². The van der Waals surface area contributed by atoms with Gasteiger partial charge in [-0.1, -0.05) is 6.42 Å². The lowest BCUT2D eigenvalue weighted by Gasteiger charge is -2.09. The molecule has 1 aliphatic rings. The predicted molar refractivity (Wildman–Crippen MR) is 115 cm³/mol. The average molecular weight is 420 g/mol. The normalized spacial score (nSPS) is 13.8. The van der Waals surface area contributed by atoms with Crippen LogP contribution in [-0.4, -0.2) is 30.2 Å². The standard InChI is InChI=1S/C21H20N6O2S/c1-13-16-20(25-15-8-3-2-4-11-26(15)21(16)29)30-17(13)19(28)24-14-7-5-9-22-18(14)27-12-6-10-23-27/h5-7,9-10,12H,2-4,8,11H2,1H3,(H,24,28). The largest absolute Gasteiger partial charge is 0.318 e. The van der Waals surface area contributed by atoms with Gasteiger partial charge >= 0.3 is 0 Å². The van der Waals surface area contributed by atoms with E-state index in [1.807, 2.05) is 6.92 Å². The van der Waals surface area contributed by atoms with Gasteiger partial charge in [-0.3, -0.25) is 14.2 Å². The summed E-state index contributed by atoms with van der Waals surface area (Å²) >= 11 is 1.27. The van der Waals surface area contributed by atoms with Crippen LogP contribution in [0.15, 0.2) is 41.6 Å². The van der Waals surface area contributed by atoms with Crippen molar-refractivity contribution in [3.8, 4) is 5.82 Å². The zero-order valence-electron chi connectivity index (χ0n) is 16.5. The first-order valence-corrected chi connectivity index (χ1v) is 10.7. The Kier molecular flexibility index (Phi) is 4.66. The van der Waals surface area contributed by atoms with E-state index in [1.54, 1.807) is 46.0 Å². The minimum atomic E-state index is -0.281. The molecular weight excluding hydrogens is 400 g/mol. The van der Waals surface area contributed by atoms with E-state index in [4.69, 9.17) is 4.98 Å². The molecule has 5 rings (SSSR count). The number of aromatic nitrogens is 5. The summed E-state index contributed by atoms with van der Waals surface area (Å²) < 4.78 is 3.38. The van der Waals surface area contributed by atoms with Crippen molar-refractivity contribution in [2.45, 2.75) is 39.2 Å². The number of thiophene rings is 1. The zero-order chi connectivity index (χ0) is 20.7. The van der Waals surface area contributed by atoms with E-state index in [-0.39, 0.29) is 11.5 Å². The molecule has 5 heterocycles. The highest BCUT2D eigenvalue weighted by molar-refractivity contribution is 7.20. The van der Waals surface area contributed by atoms with Crippen LogP contribution >= 0.6 is 11.3 Å². The third kappa shape index (κ3) is 3.11. The smallest absolute Gasteiger partial charge is 0.266 e. The highest BCUT2D eigenvalue weighted by Gasteiger charge is 2.23. The summed E-state index contributed by atoms with van der Waals surface area (Å²) in [5.74, 6) is 1.07. The number of nitrogens with one attached hydrogen (secondary N) is 1. The Balaban J connectivity index is 1.55. The SMILES string of the molecule is Cc1c(C(=O)Nc2cccnc2-n2cccn2)sc2nc3n(c(=O)c12)CCCCC3. The summed E-state index contributed by atoms with van der Waals surface area (Å²) in [5, 5.41) is 7.67. The summed E-state index contributed by atoms with van der Waals surface area (Å²) in [6, 6.07) is 5.32. The van der Waals surface area contributed by atoms with E-state index in [9.17, 15) is 9.59 Å². The molecule has 1 amide bonds. The quantitative estimate of drug-likeness (QED) is 0.549. The van der Waals surface area contributed by atoms with E-state index in [2.05, 4.69) is 15.4 Å². The van der Waals surface area contributed by atoms with Crippen LogP contribution < -0.4 is 10.9 Å². The second-order valence-corrected chi connectivity index (χ2v) is 8.31. The first-order chi connectivity index (χ1) is 14.6. The number of pyridine rings is 1. The molecule has 30 heavy (non-hydrogen) atoms. The van der Waals surface area contributed by atoms with Crippen molar-refractivity contribution >= 4 is 33.1 Å². The lowest BCUT2D eigenvalue weighted by molar-refractivity contribution is 0.103. The molecular formula is C21H20N6O2S. The number of fused-ring (bicyclic) bond motifs is 2. The van der Waals surface area contributed by atoms with Gasteiger partial charge in [0.15, 0.2) is 5.82 Å². The van der Waals surface area contributed by atoms with Gasteiger partial charge in [0.2, 0.25) is 0 Å². The molecule has 4 aromatic heterocycles. The second-order valence-electron chi connectivity index (χ2n) is 7.31. The number of amides is 1. The van der Waals surface area contributed by atoms with Gasteiger partial charge in [0, 0.05) is 31.6 Å². The highest BCUT2D eigenvalue weighted by atomic mass is 32.1. The fourth-order valence-electron chi connectivity index (χ4n) is 3.88. The van der Waals surface area contributed by atoms with Gasteiger partial charge in [0.1, 0.15) is 10.7 Å². The van der Waals surface area contributed by atoms with Crippen LogP contribution in [0.2, 0.25) is 0 Å². The van der Waals surface area contributed by atoms with E-state index in [1.165, 1.54) is 11.3 Å². The lowest BCUT2D eigenvalue weighted by Crippen LogP contribution is -2.24. The Morgan fingerprint density at radius 3 is 2.93 bits per heavy atom. The molecule has 0 saturated carbocycles. The van der Waals surface area contributed by atoms with Crippen molar-refractivity contribution in [1.82, 2.24) is 24.3 Å². The van der Waals surface area contributed by atoms with Crippen LogP contribution in [0.1, 0.15) is 40.3 Å². The van der Waals surface area contributed by atoms with Crippen LogP contribution in [0.25, 0.3) is 16.0 Å². The molecule has 0 bridgehead atoms. The molecule has 1 aliphatic heterocycles. The number of aryl methyl sites for hydroxylation is 2. The van der Waals surface area contributed by atoms with Crippen LogP contribution in [0.3, 0.4) is 0 Å². The molecule has 4 aromatic rings. The van der Waals surface area contributed by atoms with Crippen molar-refractivity contribution < 1.29 is 4.79 Å². The van der Waals surface area contributed by atoms with Gasteiger partial charge < -0.3 is 5.32 Å². The Morgan fingerprint density at radius 2 is 2.10 bits per heavy atom. The number of hydrogen-bond acceptors (Lipinski definition) is 6. The van der Waals surface area contributed by atoms with E-state index in [0.29, 0.717) is 38.7 Å². The van der Waals surface area contributed by atoms with Crippen LogP contribution in [-0.2, 0) is 13.0 Å². The number of nitrogens with zero attached hydrogens (tertiary/aromatic N) is 5. The van der Waals surface area contributed by atoms with Crippen molar-refractivity contribution in [2.24, 2.45) is 0 Å². The molecule has 8 nitrogen and oxygen atoms in total. The van der Waals surface area contributed by atoms with Crippen LogP contribution in [0.5, 0.6) is 0 Å². The molecule has 1 N–H and O–H groups in total. The summed E-state index contributed by atoms with van der Waals surface area (Å²) in [6.07, 6.45) is 8.98. The maximum atomic E-state index is 13.1. The van der Waals surface area contributed by atoms with E-state index >= 15 is 0 Å². The molecule has 0 radical (unpaired) electrons. The topological polar surface area (TPSA) is 94.7 Å². The summed E-state index contributed by atoms with van der Waals surface area (Å²) in [4.78, 5) is 36.4. The first-order valence-electron chi connectivity index (χ1n) is 9.92. The Labute approximate surface area is 176 Å². The minimum absolute atomic E-state index is 0.0386. The third-order valence-corrected chi connectivity index (χ3v) is 6.56. The molecule has 0 saturated heterocycles. The summed E-state index contributed by atoms with van der Waals surface area (Å²) in [7, 11) is 0. The maximum Gasteiger partial charge on any atom is 0.266 e. The minimum Gasteiger partial charge on any atom is -0.318 e. The monoisotopic (exact) mass is 420 g/mol. The number of rotatable bonds is 3. The average Bonchev–Trinajstić information content (AvgIpc) is 3.31. The molecule has 0 spiro atoms. The maximum absolute atomic E-state index is 13.1. The van der Waals surface area contributed by atoms with Gasteiger partial charge in [0.05, 0.1) is 16.0 Å². The Morgan fingerprint density at radius 1 is 1.20 bits per heavy atom. The molecule has 0 fully saturated rings. The molecule has 9 heteroatoms.